The summed E-state index contributed by atoms with van der Waals surface area (Å²) in [5, 5.41) is 10.8. The maximum absolute atomic E-state index is 12.4. The third-order valence-electron chi connectivity index (χ3n) is 3.53. The van der Waals surface area contributed by atoms with Crippen LogP contribution in [-0.4, -0.2) is 9.49 Å². The van der Waals surface area contributed by atoms with E-state index in [4.69, 9.17) is 4.42 Å². The van der Waals surface area contributed by atoms with Crippen LogP contribution in [0.4, 0.5) is 5.69 Å². The van der Waals surface area contributed by atoms with Gasteiger partial charge in [-0.25, -0.2) is 9.36 Å². The van der Waals surface area contributed by atoms with Gasteiger partial charge in [-0.05, 0) is 18.1 Å². The molecule has 0 bridgehead atoms. The van der Waals surface area contributed by atoms with Crippen LogP contribution >= 0.6 is 0 Å². The van der Waals surface area contributed by atoms with Crippen molar-refractivity contribution >= 4 is 16.7 Å². The second kappa shape index (κ2) is 5.88. The molecule has 3 aromatic rings. The minimum atomic E-state index is -0.771. The summed E-state index contributed by atoms with van der Waals surface area (Å²) in [4.78, 5) is 34.6. The molecule has 0 atom stereocenters. The van der Waals surface area contributed by atoms with Crippen LogP contribution in [-0.2, 0) is 13.0 Å². The van der Waals surface area contributed by atoms with E-state index < -0.39 is 16.2 Å². The molecule has 0 N–H and O–H groups in total. The summed E-state index contributed by atoms with van der Waals surface area (Å²) in [7, 11) is 0. The Hall–Kier alpha value is -3.22. The Kier molecular flexibility index (Phi) is 3.76. The summed E-state index contributed by atoms with van der Waals surface area (Å²) in [6.45, 7) is 0.143. The molecule has 0 fully saturated rings. The number of benzene rings is 2. The van der Waals surface area contributed by atoms with Crippen LogP contribution in [0.2, 0.25) is 0 Å². The van der Waals surface area contributed by atoms with E-state index >= 15 is 0 Å². The Morgan fingerprint density at radius 2 is 1.83 bits per heavy atom. The van der Waals surface area contributed by atoms with Crippen molar-refractivity contribution in [1.82, 2.24) is 4.57 Å². The fourth-order valence-electron chi connectivity index (χ4n) is 2.34. The number of rotatable bonds is 4. The number of fused-ring (bicyclic) bond motifs is 1. The minimum Gasteiger partial charge on any atom is -0.409 e. The third-order valence-corrected chi connectivity index (χ3v) is 3.53. The second-order valence-electron chi connectivity index (χ2n) is 5.00. The van der Waals surface area contributed by atoms with Gasteiger partial charge in [-0.3, -0.25) is 14.9 Å². The van der Waals surface area contributed by atoms with E-state index in [2.05, 4.69) is 0 Å². The van der Waals surface area contributed by atoms with Crippen LogP contribution in [0.5, 0.6) is 0 Å². The summed E-state index contributed by atoms with van der Waals surface area (Å²) in [6.07, 6.45) is 0.478. The van der Waals surface area contributed by atoms with E-state index in [0.29, 0.717) is 6.42 Å². The molecule has 2 aromatic carbocycles. The molecule has 0 aliphatic heterocycles. The molecule has 0 radical (unpaired) electrons. The molecule has 0 amide bonds. The number of aryl methyl sites for hydroxylation is 1. The highest BCUT2D eigenvalue weighted by molar-refractivity contribution is 5.78. The van der Waals surface area contributed by atoms with Crippen molar-refractivity contribution in [1.29, 1.82) is 0 Å². The first-order valence-corrected chi connectivity index (χ1v) is 6.92. The lowest BCUT2D eigenvalue weighted by atomic mass is 10.1. The third kappa shape index (κ3) is 2.89. The van der Waals surface area contributed by atoms with E-state index in [9.17, 15) is 19.7 Å². The highest BCUT2D eigenvalue weighted by Crippen LogP contribution is 2.16. The number of nitro groups is 1. The van der Waals surface area contributed by atoms with E-state index in [0.717, 1.165) is 16.2 Å². The molecule has 0 aliphatic carbocycles. The molecule has 0 saturated carbocycles. The van der Waals surface area contributed by atoms with Crippen LogP contribution in [0, 0.1) is 10.1 Å². The van der Waals surface area contributed by atoms with Crippen LogP contribution < -0.4 is 11.3 Å². The van der Waals surface area contributed by atoms with Gasteiger partial charge >= 0.3 is 5.76 Å². The summed E-state index contributed by atoms with van der Waals surface area (Å²) in [6, 6.07) is 13.0. The Morgan fingerprint density at radius 1 is 1.09 bits per heavy atom. The van der Waals surface area contributed by atoms with Crippen molar-refractivity contribution in [3.05, 3.63) is 85.1 Å². The van der Waals surface area contributed by atoms with Gasteiger partial charge in [-0.1, -0.05) is 30.3 Å². The minimum absolute atomic E-state index is 0.0202. The van der Waals surface area contributed by atoms with Crippen molar-refractivity contribution < 1.29 is 9.34 Å². The van der Waals surface area contributed by atoms with Crippen LogP contribution in [0.1, 0.15) is 5.56 Å². The van der Waals surface area contributed by atoms with Gasteiger partial charge in [-0.15, -0.1) is 0 Å². The molecule has 116 valence electrons. The fourth-order valence-corrected chi connectivity index (χ4v) is 2.34. The standard InChI is InChI=1S/C16H12N2O5/c19-15-13-10-12(18(21)22)6-7-14(13)23-16(20)17(15)9-8-11-4-2-1-3-5-11/h1-7,10H,8-9H2. The predicted octanol–water partition coefficient (Wildman–Crippen LogP) is 2.11. The normalized spacial score (nSPS) is 10.8. The number of nitro benzene ring substituents is 1. The molecule has 0 spiro atoms. The highest BCUT2D eigenvalue weighted by atomic mass is 16.6. The van der Waals surface area contributed by atoms with Gasteiger partial charge in [0.2, 0.25) is 0 Å². The van der Waals surface area contributed by atoms with E-state index in [1.54, 1.807) is 0 Å². The molecule has 1 heterocycles. The first-order valence-electron chi connectivity index (χ1n) is 6.92. The molecule has 0 saturated heterocycles. The topological polar surface area (TPSA) is 95.3 Å². The molecule has 0 aliphatic rings. The van der Waals surface area contributed by atoms with Gasteiger partial charge in [0.1, 0.15) is 5.58 Å². The SMILES string of the molecule is O=c1oc2ccc([N+](=O)[O-])cc2c(=O)n1CCc1ccccc1. The molecular weight excluding hydrogens is 300 g/mol. The highest BCUT2D eigenvalue weighted by Gasteiger charge is 2.14. The lowest BCUT2D eigenvalue weighted by molar-refractivity contribution is -0.384. The average Bonchev–Trinajstić information content (AvgIpc) is 2.55. The summed E-state index contributed by atoms with van der Waals surface area (Å²) >= 11 is 0. The number of nitrogens with zero attached hydrogens (tertiary/aromatic N) is 2. The molecule has 3 rings (SSSR count). The molecule has 7 heteroatoms. The van der Waals surface area contributed by atoms with E-state index in [1.807, 2.05) is 30.3 Å². The second-order valence-corrected chi connectivity index (χ2v) is 5.00. The van der Waals surface area contributed by atoms with Gasteiger partial charge in [0, 0.05) is 18.7 Å². The average molecular weight is 312 g/mol. The van der Waals surface area contributed by atoms with E-state index in [1.165, 1.54) is 12.1 Å². The Morgan fingerprint density at radius 3 is 2.52 bits per heavy atom. The first-order chi connectivity index (χ1) is 11.1. The molecular formula is C16H12N2O5. The molecule has 0 unspecified atom stereocenters. The zero-order valence-corrected chi connectivity index (χ0v) is 12.0. The Balaban J connectivity index is 2.04. The largest absolute Gasteiger partial charge is 0.422 e. The summed E-state index contributed by atoms with van der Waals surface area (Å²) in [5.41, 5.74) is 0.202. The van der Waals surface area contributed by atoms with Crippen molar-refractivity contribution in [3.8, 4) is 0 Å². The smallest absolute Gasteiger partial charge is 0.409 e. The van der Waals surface area contributed by atoms with Crippen molar-refractivity contribution in [2.75, 3.05) is 0 Å². The fraction of sp³-hybridized carbons (Fsp3) is 0.125. The van der Waals surface area contributed by atoms with Gasteiger partial charge < -0.3 is 4.42 Å². The maximum atomic E-state index is 12.4. The van der Waals surface area contributed by atoms with Gasteiger partial charge in [0.25, 0.3) is 11.2 Å². The number of non-ortho nitro benzene ring substituents is 1. The molecule has 1 aromatic heterocycles. The van der Waals surface area contributed by atoms with Crippen molar-refractivity contribution in [2.24, 2.45) is 0 Å². The van der Waals surface area contributed by atoms with Crippen molar-refractivity contribution in [3.63, 3.8) is 0 Å². The van der Waals surface area contributed by atoms with E-state index in [-0.39, 0.29) is 23.2 Å². The zero-order valence-electron chi connectivity index (χ0n) is 12.0. The quantitative estimate of drug-likeness (QED) is 0.543. The number of hydrogen-bond acceptors (Lipinski definition) is 5. The zero-order chi connectivity index (χ0) is 16.4. The van der Waals surface area contributed by atoms with Gasteiger partial charge in [-0.2, -0.15) is 0 Å². The summed E-state index contributed by atoms with van der Waals surface area (Å²) < 4.78 is 6.04. The predicted molar refractivity (Wildman–Crippen MR) is 83.5 cm³/mol. The molecule has 7 nitrogen and oxygen atoms in total. The molecule has 23 heavy (non-hydrogen) atoms. The van der Waals surface area contributed by atoms with Crippen LogP contribution in [0.15, 0.2) is 62.5 Å². The van der Waals surface area contributed by atoms with Gasteiger partial charge in [0.05, 0.1) is 10.3 Å². The number of aromatic nitrogens is 1. The van der Waals surface area contributed by atoms with Gasteiger partial charge in [0.15, 0.2) is 0 Å². The lowest BCUT2D eigenvalue weighted by Crippen LogP contribution is -2.33. The van der Waals surface area contributed by atoms with Crippen molar-refractivity contribution in [2.45, 2.75) is 13.0 Å². The van der Waals surface area contributed by atoms with Crippen LogP contribution in [0.3, 0.4) is 0 Å². The maximum Gasteiger partial charge on any atom is 0.422 e. The summed E-state index contributed by atoms with van der Waals surface area (Å²) in [5.74, 6) is -0.771. The Bertz CT molecular complexity index is 989. The number of hydrogen-bond donors (Lipinski definition) is 0. The van der Waals surface area contributed by atoms with Crippen LogP contribution in [0.25, 0.3) is 11.0 Å². The monoisotopic (exact) mass is 312 g/mol. The first kappa shape index (κ1) is 14.7. The Labute approximate surface area is 129 Å². The lowest BCUT2D eigenvalue weighted by Gasteiger charge is -2.05.